The number of carbonyl (C=O) groups excluding carboxylic acids is 1. The first kappa shape index (κ1) is 16.4. The Morgan fingerprint density at radius 3 is 2.85 bits per heavy atom. The molecule has 1 fully saturated rings. The van der Waals surface area contributed by atoms with Crippen LogP contribution >= 0.6 is 0 Å². The highest BCUT2D eigenvalue weighted by Gasteiger charge is 2.32. The van der Waals surface area contributed by atoms with Crippen molar-refractivity contribution in [3.63, 3.8) is 0 Å². The van der Waals surface area contributed by atoms with Crippen molar-refractivity contribution in [3.8, 4) is 17.3 Å². The molecule has 0 saturated carbocycles. The second-order valence-electron chi connectivity index (χ2n) is 6.21. The van der Waals surface area contributed by atoms with Crippen LogP contribution in [0.3, 0.4) is 0 Å². The fourth-order valence-corrected chi connectivity index (χ4v) is 3.37. The number of furan rings is 1. The van der Waals surface area contributed by atoms with Crippen LogP contribution in [0.5, 0.6) is 5.75 Å². The number of carbonyl (C=O) groups is 1. The molecule has 4 rings (SSSR count). The Morgan fingerprint density at radius 1 is 1.27 bits per heavy atom. The Hall–Kier alpha value is -3.02. The van der Waals surface area contributed by atoms with Gasteiger partial charge in [0.25, 0.3) is 5.91 Å². The van der Waals surface area contributed by atoms with Crippen molar-refractivity contribution >= 4 is 5.91 Å². The lowest BCUT2D eigenvalue weighted by atomic mass is 10.0. The van der Waals surface area contributed by atoms with E-state index in [1.165, 1.54) is 0 Å². The zero-order chi connectivity index (χ0) is 17.9. The summed E-state index contributed by atoms with van der Waals surface area (Å²) in [5.41, 5.74) is 1.41. The molecule has 0 N–H and O–H groups in total. The summed E-state index contributed by atoms with van der Waals surface area (Å²) in [5.74, 6) is 1.73. The molecule has 1 unspecified atom stereocenters. The van der Waals surface area contributed by atoms with Gasteiger partial charge in [-0.15, -0.1) is 0 Å². The van der Waals surface area contributed by atoms with E-state index in [0.29, 0.717) is 30.4 Å². The third-order valence-corrected chi connectivity index (χ3v) is 4.58. The fourth-order valence-electron chi connectivity index (χ4n) is 3.37. The third kappa shape index (κ3) is 3.10. The van der Waals surface area contributed by atoms with Crippen molar-refractivity contribution in [1.29, 1.82) is 0 Å². The van der Waals surface area contributed by atoms with Gasteiger partial charge < -0.3 is 18.6 Å². The maximum atomic E-state index is 12.9. The molecular weight excluding hydrogens is 332 g/mol. The topological polar surface area (TPSA) is 68.7 Å². The second-order valence-corrected chi connectivity index (χ2v) is 6.21. The fraction of sp³-hybridized carbons (Fsp3) is 0.300. The number of benzene rings is 1. The van der Waals surface area contributed by atoms with Crippen molar-refractivity contribution in [3.05, 3.63) is 60.0 Å². The lowest BCUT2D eigenvalue weighted by molar-refractivity contribution is 0.0725. The van der Waals surface area contributed by atoms with Crippen LogP contribution in [0.2, 0.25) is 0 Å². The van der Waals surface area contributed by atoms with Gasteiger partial charge in [0.05, 0.1) is 18.9 Å². The summed E-state index contributed by atoms with van der Waals surface area (Å²) in [7, 11) is 0. The molecule has 6 nitrogen and oxygen atoms in total. The molecule has 1 aliphatic heterocycles. The molecule has 0 aliphatic carbocycles. The number of hydrogen-bond donors (Lipinski definition) is 0. The molecule has 0 spiro atoms. The predicted molar refractivity (Wildman–Crippen MR) is 94.8 cm³/mol. The van der Waals surface area contributed by atoms with Crippen LogP contribution in [0.15, 0.2) is 57.7 Å². The molecule has 134 valence electrons. The summed E-state index contributed by atoms with van der Waals surface area (Å²) in [6.45, 7) is 3.30. The van der Waals surface area contributed by atoms with Gasteiger partial charge in [-0.2, -0.15) is 0 Å². The molecule has 3 heterocycles. The van der Waals surface area contributed by atoms with E-state index in [1.807, 2.05) is 36.1 Å². The summed E-state index contributed by atoms with van der Waals surface area (Å²) in [4.78, 5) is 14.8. The molecule has 1 aromatic carbocycles. The summed E-state index contributed by atoms with van der Waals surface area (Å²) in [6.07, 6.45) is 3.46. The van der Waals surface area contributed by atoms with Gasteiger partial charge in [0.15, 0.2) is 11.5 Å². The van der Waals surface area contributed by atoms with E-state index >= 15 is 0 Å². The van der Waals surface area contributed by atoms with Crippen LogP contribution in [-0.2, 0) is 0 Å². The lowest BCUT2D eigenvalue weighted by Gasteiger charge is -2.24. The van der Waals surface area contributed by atoms with Gasteiger partial charge in [-0.1, -0.05) is 17.3 Å². The van der Waals surface area contributed by atoms with Crippen molar-refractivity contribution < 1.29 is 18.5 Å². The zero-order valence-electron chi connectivity index (χ0n) is 14.6. The summed E-state index contributed by atoms with van der Waals surface area (Å²) >= 11 is 0. The minimum atomic E-state index is -0.122. The molecule has 0 bridgehead atoms. The Bertz CT molecular complexity index is 868. The first-order valence-electron chi connectivity index (χ1n) is 8.80. The van der Waals surface area contributed by atoms with Crippen molar-refractivity contribution in [2.45, 2.75) is 25.8 Å². The number of likely N-dealkylation sites (tertiary alicyclic amines) is 1. The Morgan fingerprint density at radius 2 is 2.12 bits per heavy atom. The normalized spacial score (nSPS) is 16.8. The molecule has 1 saturated heterocycles. The molecule has 26 heavy (non-hydrogen) atoms. The van der Waals surface area contributed by atoms with Gasteiger partial charge in [0, 0.05) is 12.6 Å². The Balaban J connectivity index is 1.53. The van der Waals surface area contributed by atoms with E-state index in [0.717, 1.165) is 24.2 Å². The Kier molecular flexibility index (Phi) is 4.48. The Labute approximate surface area is 151 Å². The van der Waals surface area contributed by atoms with E-state index in [2.05, 4.69) is 5.16 Å². The lowest BCUT2D eigenvalue weighted by Crippen LogP contribution is -2.30. The average molecular weight is 352 g/mol. The molecule has 6 heteroatoms. The number of amides is 1. The predicted octanol–water partition coefficient (Wildman–Crippen LogP) is 4.31. The van der Waals surface area contributed by atoms with Gasteiger partial charge >= 0.3 is 0 Å². The summed E-state index contributed by atoms with van der Waals surface area (Å²) < 4.78 is 16.0. The molecule has 2 aromatic heterocycles. The minimum Gasteiger partial charge on any atom is -0.494 e. The van der Waals surface area contributed by atoms with Crippen LogP contribution < -0.4 is 4.74 Å². The molecule has 3 aromatic rings. The quantitative estimate of drug-likeness (QED) is 0.684. The van der Waals surface area contributed by atoms with Crippen molar-refractivity contribution in [2.75, 3.05) is 13.2 Å². The number of aromatic nitrogens is 1. The number of hydrogen-bond acceptors (Lipinski definition) is 5. The monoisotopic (exact) mass is 352 g/mol. The largest absolute Gasteiger partial charge is 0.494 e. The number of rotatable bonds is 5. The molecule has 1 amide bonds. The van der Waals surface area contributed by atoms with Crippen LogP contribution in [-0.4, -0.2) is 29.1 Å². The first-order chi connectivity index (χ1) is 12.8. The SMILES string of the molecule is CCOc1ccc(C2CCCN2C(=O)c2cc(-c3ccco3)on2)cc1. The second kappa shape index (κ2) is 7.07. The van der Waals surface area contributed by atoms with E-state index in [-0.39, 0.29) is 11.9 Å². The summed E-state index contributed by atoms with van der Waals surface area (Å²) in [6, 6.07) is 13.2. The maximum absolute atomic E-state index is 12.9. The molecular formula is C20H20N2O4. The zero-order valence-corrected chi connectivity index (χ0v) is 14.6. The van der Waals surface area contributed by atoms with E-state index < -0.39 is 0 Å². The van der Waals surface area contributed by atoms with Gasteiger partial charge in [-0.25, -0.2) is 0 Å². The van der Waals surface area contributed by atoms with Crippen LogP contribution in [0.25, 0.3) is 11.5 Å². The van der Waals surface area contributed by atoms with E-state index in [1.54, 1.807) is 24.5 Å². The minimum absolute atomic E-state index is 0.0435. The van der Waals surface area contributed by atoms with Gasteiger partial charge in [0.2, 0.25) is 5.76 Å². The standard InChI is InChI=1S/C20H20N2O4/c1-2-24-15-9-7-14(8-10-15)17-5-3-11-22(17)20(23)16-13-19(26-21-16)18-6-4-12-25-18/h4,6-10,12-13,17H,2-3,5,11H2,1H3. The van der Waals surface area contributed by atoms with Crippen molar-refractivity contribution in [1.82, 2.24) is 10.1 Å². The summed E-state index contributed by atoms with van der Waals surface area (Å²) in [5, 5.41) is 3.94. The van der Waals surface area contributed by atoms with Gasteiger partial charge in [0.1, 0.15) is 5.75 Å². The molecule has 1 aliphatic rings. The van der Waals surface area contributed by atoms with E-state index in [4.69, 9.17) is 13.7 Å². The number of nitrogens with zero attached hydrogens (tertiary/aromatic N) is 2. The first-order valence-corrected chi connectivity index (χ1v) is 8.80. The highest BCUT2D eigenvalue weighted by Crippen LogP contribution is 2.34. The smallest absolute Gasteiger partial charge is 0.276 e. The number of ether oxygens (including phenoxy) is 1. The molecule has 0 radical (unpaired) electrons. The average Bonchev–Trinajstić information content (AvgIpc) is 3.42. The van der Waals surface area contributed by atoms with Crippen LogP contribution in [0, 0.1) is 0 Å². The maximum Gasteiger partial charge on any atom is 0.276 e. The highest BCUT2D eigenvalue weighted by atomic mass is 16.5. The molecule has 1 atom stereocenters. The van der Waals surface area contributed by atoms with Crippen LogP contribution in [0.1, 0.15) is 41.9 Å². The highest BCUT2D eigenvalue weighted by molar-refractivity contribution is 5.93. The third-order valence-electron chi connectivity index (χ3n) is 4.58. The van der Waals surface area contributed by atoms with Crippen LogP contribution in [0.4, 0.5) is 0 Å². The van der Waals surface area contributed by atoms with E-state index in [9.17, 15) is 4.79 Å². The van der Waals surface area contributed by atoms with Crippen molar-refractivity contribution in [2.24, 2.45) is 0 Å². The van der Waals surface area contributed by atoms with Gasteiger partial charge in [-0.3, -0.25) is 4.79 Å². The van der Waals surface area contributed by atoms with Gasteiger partial charge in [-0.05, 0) is 49.6 Å².